The summed E-state index contributed by atoms with van der Waals surface area (Å²) in [4.78, 5) is 14.5. The van der Waals surface area contributed by atoms with Crippen LogP contribution in [0.15, 0.2) is 77.5 Å². The Hall–Kier alpha value is -3.15. The number of nitrogens with zero attached hydrogens (tertiary/aromatic N) is 3. The molecule has 3 heterocycles. The molecule has 0 saturated carbocycles. The summed E-state index contributed by atoms with van der Waals surface area (Å²) in [5.41, 5.74) is 8.47. The van der Waals surface area contributed by atoms with Crippen LogP contribution in [0, 0.1) is 13.8 Å². The second-order valence-electron chi connectivity index (χ2n) is 7.22. The summed E-state index contributed by atoms with van der Waals surface area (Å²) < 4.78 is 0. The number of pyridine rings is 1. The van der Waals surface area contributed by atoms with Gasteiger partial charge in [-0.25, -0.2) is 15.0 Å². The van der Waals surface area contributed by atoms with Crippen LogP contribution in [0.3, 0.4) is 0 Å². The van der Waals surface area contributed by atoms with Crippen molar-refractivity contribution in [2.45, 2.75) is 13.8 Å². The summed E-state index contributed by atoms with van der Waals surface area (Å²) in [6.07, 6.45) is 0. The van der Waals surface area contributed by atoms with Gasteiger partial charge in [0.1, 0.15) is 10.0 Å². The van der Waals surface area contributed by atoms with E-state index in [1.807, 2.05) is 18.2 Å². The van der Waals surface area contributed by atoms with Crippen LogP contribution >= 0.6 is 22.7 Å². The minimum atomic E-state index is 0.878. The molecule has 0 spiro atoms. The third-order valence-electron chi connectivity index (χ3n) is 4.89. The highest BCUT2D eigenvalue weighted by Crippen LogP contribution is 2.32. The third-order valence-corrected chi connectivity index (χ3v) is 6.62. The lowest BCUT2D eigenvalue weighted by Gasteiger charge is -2.00. The van der Waals surface area contributed by atoms with E-state index in [4.69, 9.17) is 15.0 Å². The normalized spacial score (nSPS) is 11.0. The van der Waals surface area contributed by atoms with Crippen LogP contribution < -0.4 is 0 Å². The fraction of sp³-hybridized carbons (Fsp3) is 0.0800. The summed E-state index contributed by atoms with van der Waals surface area (Å²) in [5, 5.41) is 6.02. The van der Waals surface area contributed by atoms with E-state index in [0.717, 1.165) is 43.9 Å². The lowest BCUT2D eigenvalue weighted by molar-refractivity contribution is 1.27. The van der Waals surface area contributed by atoms with E-state index in [2.05, 4.69) is 73.1 Å². The van der Waals surface area contributed by atoms with Crippen LogP contribution in [0.25, 0.3) is 43.9 Å². The van der Waals surface area contributed by atoms with E-state index >= 15 is 0 Å². The van der Waals surface area contributed by atoms with Crippen LogP contribution in [0.4, 0.5) is 0 Å². The van der Waals surface area contributed by atoms with Crippen LogP contribution in [0.2, 0.25) is 0 Å². The zero-order chi connectivity index (χ0) is 20.5. The molecule has 0 N–H and O–H groups in total. The van der Waals surface area contributed by atoms with Crippen molar-refractivity contribution in [2.24, 2.45) is 0 Å². The monoisotopic (exact) mass is 425 g/mol. The quantitative estimate of drug-likeness (QED) is 0.304. The zero-order valence-corrected chi connectivity index (χ0v) is 18.3. The van der Waals surface area contributed by atoms with Crippen molar-refractivity contribution in [3.8, 4) is 43.9 Å². The molecule has 2 aromatic carbocycles. The molecule has 0 fully saturated rings. The Morgan fingerprint density at radius 3 is 1.37 bits per heavy atom. The van der Waals surface area contributed by atoms with Gasteiger partial charge in [0.15, 0.2) is 0 Å². The average Bonchev–Trinajstić information content (AvgIpc) is 3.45. The molecular formula is C25H19N3S2. The van der Waals surface area contributed by atoms with Crippen molar-refractivity contribution in [3.63, 3.8) is 0 Å². The van der Waals surface area contributed by atoms with Crippen molar-refractivity contribution < 1.29 is 0 Å². The first-order valence-electron chi connectivity index (χ1n) is 9.69. The average molecular weight is 426 g/mol. The van der Waals surface area contributed by atoms with E-state index in [9.17, 15) is 0 Å². The smallest absolute Gasteiger partial charge is 0.142 e. The molecule has 3 nitrogen and oxygen atoms in total. The van der Waals surface area contributed by atoms with Crippen LogP contribution in [0.5, 0.6) is 0 Å². The van der Waals surface area contributed by atoms with Gasteiger partial charge in [-0.05, 0) is 26.0 Å². The number of rotatable bonds is 4. The Morgan fingerprint density at radius 2 is 0.933 bits per heavy atom. The lowest BCUT2D eigenvalue weighted by Crippen LogP contribution is -1.88. The molecule has 0 saturated heterocycles. The van der Waals surface area contributed by atoms with Gasteiger partial charge in [0, 0.05) is 21.9 Å². The van der Waals surface area contributed by atoms with Gasteiger partial charge >= 0.3 is 0 Å². The number of thiazole rings is 2. The molecule has 5 rings (SSSR count). The Bertz CT molecular complexity index is 1200. The minimum absolute atomic E-state index is 0.878. The van der Waals surface area contributed by atoms with Crippen LogP contribution in [-0.4, -0.2) is 15.0 Å². The maximum atomic E-state index is 4.85. The van der Waals surface area contributed by atoms with Gasteiger partial charge in [-0.15, -0.1) is 22.7 Å². The highest BCUT2D eigenvalue weighted by atomic mass is 32.1. The molecule has 5 heteroatoms. The first kappa shape index (κ1) is 18.9. The fourth-order valence-electron chi connectivity index (χ4n) is 3.17. The summed E-state index contributed by atoms with van der Waals surface area (Å²) >= 11 is 3.24. The van der Waals surface area contributed by atoms with Gasteiger partial charge < -0.3 is 0 Å². The zero-order valence-electron chi connectivity index (χ0n) is 16.7. The first-order chi connectivity index (χ1) is 14.7. The molecule has 30 heavy (non-hydrogen) atoms. The van der Waals surface area contributed by atoms with Crippen molar-refractivity contribution in [1.82, 2.24) is 15.0 Å². The van der Waals surface area contributed by atoms with Crippen molar-refractivity contribution in [3.05, 3.63) is 88.6 Å². The van der Waals surface area contributed by atoms with Crippen molar-refractivity contribution in [1.29, 1.82) is 0 Å². The standard InChI is InChI=1S/C25H19N3S2/c1-16-6-10-18(11-7-16)22-14-29-24(27-22)20-4-3-5-21(26-20)25-28-23(15-30-25)19-12-8-17(2)9-13-19/h3-15H,1-2H3. The number of benzene rings is 2. The van der Waals surface area contributed by atoms with Gasteiger partial charge in [-0.1, -0.05) is 65.7 Å². The number of aromatic nitrogens is 3. The van der Waals surface area contributed by atoms with Gasteiger partial charge in [0.25, 0.3) is 0 Å². The molecule has 0 radical (unpaired) electrons. The highest BCUT2D eigenvalue weighted by Gasteiger charge is 2.12. The largest absolute Gasteiger partial charge is 0.243 e. The molecule has 0 aliphatic carbocycles. The van der Waals surface area contributed by atoms with Crippen LogP contribution in [-0.2, 0) is 0 Å². The molecular weight excluding hydrogens is 406 g/mol. The first-order valence-corrected chi connectivity index (χ1v) is 11.4. The second-order valence-corrected chi connectivity index (χ2v) is 8.93. The predicted octanol–water partition coefficient (Wildman–Crippen LogP) is 7.28. The third kappa shape index (κ3) is 3.82. The second kappa shape index (κ2) is 7.94. The van der Waals surface area contributed by atoms with E-state index in [1.54, 1.807) is 22.7 Å². The molecule has 0 aliphatic rings. The Labute approximate surface area is 183 Å². The summed E-state index contributed by atoms with van der Waals surface area (Å²) in [6.45, 7) is 4.18. The molecule has 5 aromatic rings. The van der Waals surface area contributed by atoms with E-state index in [0.29, 0.717) is 0 Å². The summed E-state index contributed by atoms with van der Waals surface area (Å²) in [7, 11) is 0. The maximum Gasteiger partial charge on any atom is 0.142 e. The van der Waals surface area contributed by atoms with Gasteiger partial charge in [-0.2, -0.15) is 0 Å². The van der Waals surface area contributed by atoms with E-state index in [1.165, 1.54) is 11.1 Å². The molecule has 3 aromatic heterocycles. The van der Waals surface area contributed by atoms with Gasteiger partial charge in [-0.3, -0.25) is 0 Å². The molecule has 0 atom stereocenters. The minimum Gasteiger partial charge on any atom is -0.243 e. The number of hydrogen-bond acceptors (Lipinski definition) is 5. The maximum absolute atomic E-state index is 4.85. The molecule has 0 aliphatic heterocycles. The molecule has 146 valence electrons. The predicted molar refractivity (Wildman–Crippen MR) is 127 cm³/mol. The highest BCUT2D eigenvalue weighted by molar-refractivity contribution is 7.13. The molecule has 0 bridgehead atoms. The summed E-state index contributed by atoms with van der Waals surface area (Å²) in [5.74, 6) is 0. The number of aryl methyl sites for hydroxylation is 2. The lowest BCUT2D eigenvalue weighted by atomic mass is 10.1. The summed E-state index contributed by atoms with van der Waals surface area (Å²) in [6, 6.07) is 22.9. The molecule has 0 amide bonds. The van der Waals surface area contributed by atoms with Gasteiger partial charge in [0.05, 0.1) is 22.8 Å². The van der Waals surface area contributed by atoms with E-state index < -0.39 is 0 Å². The fourth-order valence-corrected chi connectivity index (χ4v) is 4.76. The van der Waals surface area contributed by atoms with Crippen molar-refractivity contribution in [2.75, 3.05) is 0 Å². The number of hydrogen-bond donors (Lipinski definition) is 0. The van der Waals surface area contributed by atoms with Gasteiger partial charge in [0.2, 0.25) is 0 Å². The van der Waals surface area contributed by atoms with Crippen LogP contribution in [0.1, 0.15) is 11.1 Å². The van der Waals surface area contributed by atoms with E-state index in [-0.39, 0.29) is 0 Å². The Morgan fingerprint density at radius 1 is 0.500 bits per heavy atom. The van der Waals surface area contributed by atoms with Crippen molar-refractivity contribution >= 4 is 22.7 Å². The molecule has 0 unspecified atom stereocenters. The Balaban J connectivity index is 1.44. The topological polar surface area (TPSA) is 38.7 Å². The Kier molecular flexibility index (Phi) is 4.99. The SMILES string of the molecule is Cc1ccc(-c2csc(-c3cccc(-c4nc(-c5ccc(C)cc5)cs4)n3)n2)cc1.